The van der Waals surface area contributed by atoms with Crippen LogP contribution in [0.5, 0.6) is 0 Å². The van der Waals surface area contributed by atoms with Gasteiger partial charge in [0.15, 0.2) is 5.54 Å². The van der Waals surface area contributed by atoms with Gasteiger partial charge < -0.3 is 5.32 Å². The molecule has 3 amide bonds. The van der Waals surface area contributed by atoms with Crippen molar-refractivity contribution in [2.24, 2.45) is 0 Å². The third-order valence-corrected chi connectivity index (χ3v) is 8.63. The molecule has 3 heterocycles. The van der Waals surface area contributed by atoms with Gasteiger partial charge in [-0.05, 0) is 48.6 Å². The van der Waals surface area contributed by atoms with Crippen molar-refractivity contribution < 1.29 is 27.6 Å². The number of pyridine rings is 2. The number of alkyl halides is 2. The maximum absolute atomic E-state index is 14.8. The third kappa shape index (κ3) is 4.87. The molecule has 2 fully saturated rings. The van der Waals surface area contributed by atoms with Gasteiger partial charge in [-0.1, -0.05) is 23.7 Å². The number of anilines is 2. The number of benzene rings is 1. The van der Waals surface area contributed by atoms with Gasteiger partial charge >= 0.3 is 0 Å². The predicted octanol–water partition coefficient (Wildman–Crippen LogP) is 4.42. The van der Waals surface area contributed by atoms with E-state index < -0.39 is 59.9 Å². The van der Waals surface area contributed by atoms with Gasteiger partial charge in [-0.2, -0.15) is 5.26 Å². The molecule has 1 saturated heterocycles. The van der Waals surface area contributed by atoms with Crippen LogP contribution in [0.3, 0.4) is 0 Å². The summed E-state index contributed by atoms with van der Waals surface area (Å²) in [6.07, 6.45) is 2.68. The number of hydrogen-bond donors (Lipinski definition) is 1. The second-order valence-corrected chi connectivity index (χ2v) is 11.3. The zero-order valence-electron chi connectivity index (χ0n) is 22.6. The highest BCUT2D eigenvalue weighted by atomic mass is 35.5. The quantitative estimate of drug-likeness (QED) is 0.442. The van der Waals surface area contributed by atoms with E-state index in [0.717, 1.165) is 17.2 Å². The monoisotopic (exact) mass is 608 g/mol. The largest absolute Gasteiger partial charge is 0.351 e. The number of fused-ring (bicyclic) bond motifs is 1. The average molecular weight is 609 g/mol. The Kier molecular flexibility index (Phi) is 7.08. The van der Waals surface area contributed by atoms with Gasteiger partial charge in [0.1, 0.15) is 17.7 Å². The number of hydrogen-bond acceptors (Lipinski definition) is 6. The second-order valence-electron chi connectivity index (χ2n) is 10.9. The summed E-state index contributed by atoms with van der Waals surface area (Å²) in [4.78, 5) is 52.7. The number of amides is 3. The summed E-state index contributed by atoms with van der Waals surface area (Å²) in [7, 11) is 0. The van der Waals surface area contributed by atoms with E-state index in [2.05, 4.69) is 15.3 Å². The summed E-state index contributed by atoms with van der Waals surface area (Å²) in [5.41, 5.74) is -0.735. The Balaban J connectivity index is 1.51. The van der Waals surface area contributed by atoms with Crippen LogP contribution in [0.25, 0.3) is 0 Å². The molecule has 1 N–H and O–H groups in total. The van der Waals surface area contributed by atoms with Gasteiger partial charge in [0, 0.05) is 42.6 Å². The van der Waals surface area contributed by atoms with Gasteiger partial charge in [0.25, 0.3) is 17.7 Å². The number of rotatable bonds is 6. The fourth-order valence-corrected chi connectivity index (χ4v) is 6.58. The van der Waals surface area contributed by atoms with E-state index in [4.69, 9.17) is 11.6 Å². The fraction of sp³-hybridized carbons (Fsp3) is 0.333. The van der Waals surface area contributed by atoms with Gasteiger partial charge in [0.05, 0.1) is 29.7 Å². The lowest BCUT2D eigenvalue weighted by molar-refractivity contribution is -0.137. The number of nitrogens with zero attached hydrogens (tertiary/aromatic N) is 5. The van der Waals surface area contributed by atoms with Crippen LogP contribution in [0.1, 0.15) is 48.8 Å². The van der Waals surface area contributed by atoms with Crippen LogP contribution >= 0.6 is 11.6 Å². The van der Waals surface area contributed by atoms with Crippen molar-refractivity contribution in [3.05, 3.63) is 82.5 Å². The van der Waals surface area contributed by atoms with E-state index in [0.29, 0.717) is 16.1 Å². The number of nitrogens with one attached hydrogen (secondary N) is 1. The molecule has 9 nitrogen and oxygen atoms in total. The topological polar surface area (TPSA) is 119 Å². The summed E-state index contributed by atoms with van der Waals surface area (Å²) in [5, 5.41) is 12.4. The van der Waals surface area contributed by atoms with Gasteiger partial charge in [-0.3, -0.25) is 29.2 Å². The molecule has 2 aromatic heterocycles. The molecule has 0 spiro atoms. The van der Waals surface area contributed by atoms with E-state index in [1.165, 1.54) is 29.4 Å². The molecule has 3 aliphatic rings. The Morgan fingerprint density at radius 1 is 1.16 bits per heavy atom. The molecule has 3 aromatic rings. The van der Waals surface area contributed by atoms with Crippen LogP contribution < -0.4 is 15.1 Å². The molecule has 6 rings (SSSR count). The van der Waals surface area contributed by atoms with Crippen LogP contribution in [0, 0.1) is 17.1 Å². The molecule has 220 valence electrons. The number of aromatic nitrogens is 2. The van der Waals surface area contributed by atoms with E-state index in [1.807, 2.05) is 6.07 Å². The lowest BCUT2D eigenvalue weighted by atomic mass is 9.83. The molecule has 13 heteroatoms. The molecule has 0 radical (unpaired) electrons. The third-order valence-electron chi connectivity index (χ3n) is 8.27. The van der Waals surface area contributed by atoms with Gasteiger partial charge in [0.2, 0.25) is 5.91 Å². The zero-order chi connectivity index (χ0) is 30.5. The minimum absolute atomic E-state index is 0.00605. The molecule has 2 aliphatic carbocycles. The predicted molar refractivity (Wildman–Crippen MR) is 149 cm³/mol. The van der Waals surface area contributed by atoms with E-state index in [1.54, 1.807) is 18.2 Å². The van der Waals surface area contributed by atoms with Crippen molar-refractivity contribution in [2.75, 3.05) is 9.80 Å². The van der Waals surface area contributed by atoms with Crippen LogP contribution in [0.4, 0.5) is 24.7 Å². The maximum atomic E-state index is 14.8. The SMILES string of the molecule is N#Cc1ccnc(N2C(=O)CC[C@H]2C(=O)N(c2cncc(F)c2)[C@@]2(C(=O)NC3CC(F)(F)C3)CCc3c(Cl)cccc32)c1. The lowest BCUT2D eigenvalue weighted by Gasteiger charge is -2.44. The van der Waals surface area contributed by atoms with Crippen LogP contribution in [-0.4, -0.2) is 45.7 Å². The normalized spacial score (nSPS) is 22.4. The van der Waals surface area contributed by atoms with Crippen molar-refractivity contribution in [1.82, 2.24) is 15.3 Å². The highest BCUT2D eigenvalue weighted by Gasteiger charge is 2.57. The Bertz CT molecular complexity index is 1690. The first kappa shape index (κ1) is 28.6. The summed E-state index contributed by atoms with van der Waals surface area (Å²) < 4.78 is 42.2. The Morgan fingerprint density at radius 3 is 2.67 bits per heavy atom. The van der Waals surface area contributed by atoms with Crippen LogP contribution in [0.2, 0.25) is 5.02 Å². The van der Waals surface area contributed by atoms with Gasteiger partial charge in [-0.25, -0.2) is 18.2 Å². The molecule has 0 unspecified atom stereocenters. The fourth-order valence-electron chi connectivity index (χ4n) is 6.31. The van der Waals surface area contributed by atoms with Crippen LogP contribution in [0.15, 0.2) is 55.0 Å². The van der Waals surface area contributed by atoms with Crippen molar-refractivity contribution in [2.45, 2.75) is 62.1 Å². The number of halogens is 4. The Morgan fingerprint density at radius 2 is 1.95 bits per heavy atom. The summed E-state index contributed by atoms with van der Waals surface area (Å²) in [6.45, 7) is 0. The smallest absolute Gasteiger partial charge is 0.252 e. The molecule has 1 aromatic carbocycles. The summed E-state index contributed by atoms with van der Waals surface area (Å²) in [5.74, 6) is -5.52. The van der Waals surface area contributed by atoms with Crippen molar-refractivity contribution in [1.29, 1.82) is 5.26 Å². The Hall–Kier alpha value is -4.50. The average Bonchev–Trinajstić information content (AvgIpc) is 3.54. The zero-order valence-corrected chi connectivity index (χ0v) is 23.3. The minimum atomic E-state index is -2.92. The first-order valence-corrected chi connectivity index (χ1v) is 14.0. The molecule has 2 atom stereocenters. The molecular formula is C30H24ClF3N6O3. The second kappa shape index (κ2) is 10.6. The summed E-state index contributed by atoms with van der Waals surface area (Å²) >= 11 is 6.52. The van der Waals surface area contributed by atoms with Gasteiger partial charge in [-0.15, -0.1) is 0 Å². The first-order chi connectivity index (χ1) is 20.5. The molecule has 0 bridgehead atoms. The maximum Gasteiger partial charge on any atom is 0.252 e. The molecule has 43 heavy (non-hydrogen) atoms. The number of nitriles is 1. The minimum Gasteiger partial charge on any atom is -0.351 e. The van der Waals surface area contributed by atoms with E-state index >= 15 is 0 Å². The summed E-state index contributed by atoms with van der Waals surface area (Å²) in [6, 6.07) is 8.72. The van der Waals surface area contributed by atoms with E-state index in [9.17, 15) is 32.8 Å². The molecule has 1 aliphatic heterocycles. The highest BCUT2D eigenvalue weighted by Crippen LogP contribution is 2.48. The van der Waals surface area contributed by atoms with Crippen LogP contribution in [-0.2, 0) is 26.3 Å². The van der Waals surface area contributed by atoms with Crippen molar-refractivity contribution in [3.63, 3.8) is 0 Å². The Labute approximate surface area is 249 Å². The van der Waals surface area contributed by atoms with Crippen molar-refractivity contribution in [3.8, 4) is 6.07 Å². The van der Waals surface area contributed by atoms with E-state index in [-0.39, 0.29) is 42.8 Å². The molecule has 1 saturated carbocycles. The standard InChI is InChI=1S/C30H24ClF3N6O3/c31-23-3-1-2-22-21(23)6-8-30(22,28(43)38-19-12-29(33,34)13-19)40(20-11-18(32)15-36-16-20)27(42)24-4-5-26(41)39(24)25-10-17(14-35)7-9-37-25/h1-3,7,9-11,15-16,19,24H,4-6,8,12-13H2,(H,38,43)/t24-,30-/m0/s1. The first-order valence-electron chi connectivity index (χ1n) is 13.6. The van der Waals surface area contributed by atoms with Crippen molar-refractivity contribution >= 4 is 40.8 Å². The number of carbonyl (C=O) groups is 3. The highest BCUT2D eigenvalue weighted by molar-refractivity contribution is 6.31. The lowest BCUT2D eigenvalue weighted by Crippen LogP contribution is -2.64. The number of carbonyl (C=O) groups excluding carboxylic acids is 3. The molecular weight excluding hydrogens is 585 g/mol.